The molecule has 0 saturated carbocycles. The van der Waals surface area contributed by atoms with Crippen molar-refractivity contribution in [2.75, 3.05) is 26.4 Å². The molecule has 0 atom stereocenters. The number of nitrogens with one attached hydrogen (secondary N) is 1. The third-order valence-corrected chi connectivity index (χ3v) is 5.73. The fraction of sp³-hybridized carbons (Fsp3) is 0.500. The lowest BCUT2D eigenvalue weighted by Crippen LogP contribution is -2.27. The molecule has 0 aromatic carbocycles. The number of hydrogen-bond acceptors (Lipinski definition) is 5. The number of halogens is 1. The second kappa shape index (κ2) is 6.67. The zero-order valence-electron chi connectivity index (χ0n) is 8.35. The molecule has 5 nitrogen and oxygen atoms in total. The molecule has 8 heteroatoms. The van der Waals surface area contributed by atoms with E-state index in [-0.39, 0.29) is 30.6 Å². The summed E-state index contributed by atoms with van der Waals surface area (Å²) in [5, 5.41) is 10.1. The summed E-state index contributed by atoms with van der Waals surface area (Å²) in [6.45, 7) is 0.573. The molecule has 1 aromatic rings. The first-order chi connectivity index (χ1) is 7.58. The summed E-state index contributed by atoms with van der Waals surface area (Å²) >= 11 is 4.31. The zero-order chi connectivity index (χ0) is 12.0. The smallest absolute Gasteiger partial charge is 0.251 e. The van der Waals surface area contributed by atoms with Crippen LogP contribution in [0.3, 0.4) is 0 Å². The average Bonchev–Trinajstić information content (AvgIpc) is 2.65. The van der Waals surface area contributed by atoms with Crippen molar-refractivity contribution in [2.24, 2.45) is 0 Å². The minimum atomic E-state index is -3.46. The van der Waals surface area contributed by atoms with Crippen molar-refractivity contribution < 1.29 is 18.3 Å². The van der Waals surface area contributed by atoms with Crippen LogP contribution in [-0.2, 0) is 14.8 Å². The molecule has 0 spiro atoms. The number of hydrogen-bond donors (Lipinski definition) is 2. The normalized spacial score (nSPS) is 11.9. The van der Waals surface area contributed by atoms with Crippen molar-refractivity contribution in [2.45, 2.75) is 4.21 Å². The topological polar surface area (TPSA) is 75.6 Å². The molecule has 0 bridgehead atoms. The van der Waals surface area contributed by atoms with Gasteiger partial charge in [-0.1, -0.05) is 0 Å². The van der Waals surface area contributed by atoms with Gasteiger partial charge in [0.1, 0.15) is 4.21 Å². The summed E-state index contributed by atoms with van der Waals surface area (Å²) in [6.07, 6.45) is 0. The maximum atomic E-state index is 11.7. The number of rotatable bonds is 7. The van der Waals surface area contributed by atoms with Crippen molar-refractivity contribution in [3.63, 3.8) is 0 Å². The number of sulfonamides is 1. The van der Waals surface area contributed by atoms with Crippen LogP contribution in [0.4, 0.5) is 0 Å². The molecule has 1 rings (SSSR count). The number of aliphatic hydroxyl groups excluding tert-OH is 1. The van der Waals surface area contributed by atoms with Gasteiger partial charge in [0.2, 0.25) is 0 Å². The van der Waals surface area contributed by atoms with Gasteiger partial charge in [-0.05, 0) is 27.4 Å². The van der Waals surface area contributed by atoms with E-state index in [1.807, 2.05) is 0 Å². The van der Waals surface area contributed by atoms with Crippen molar-refractivity contribution in [1.29, 1.82) is 0 Å². The van der Waals surface area contributed by atoms with E-state index in [4.69, 9.17) is 9.84 Å². The second-order valence-corrected chi connectivity index (χ2v) is 6.52. The van der Waals surface area contributed by atoms with Crippen LogP contribution in [0, 0.1) is 0 Å². The second-order valence-electron chi connectivity index (χ2n) is 2.79. The number of thiophene rings is 1. The third-order valence-electron chi connectivity index (χ3n) is 1.60. The van der Waals surface area contributed by atoms with Crippen LogP contribution >= 0.6 is 27.3 Å². The lowest BCUT2D eigenvalue weighted by molar-refractivity contribution is 0.0961. The first-order valence-corrected chi connectivity index (χ1v) is 7.65. The Bertz CT molecular complexity index is 417. The standard InChI is InChI=1S/C8H12BrNO4S2/c9-7-1-6-15-8(7)16(12,13)10-2-4-14-5-3-11/h1,6,10-11H,2-5H2. The molecule has 0 amide bonds. The molecule has 0 saturated heterocycles. The van der Waals surface area contributed by atoms with E-state index >= 15 is 0 Å². The van der Waals surface area contributed by atoms with E-state index in [0.717, 1.165) is 11.3 Å². The molecule has 0 aliphatic carbocycles. The number of aliphatic hydroxyl groups is 1. The Hall–Kier alpha value is 0.01000. The van der Waals surface area contributed by atoms with Gasteiger partial charge in [0.25, 0.3) is 10.0 Å². The highest BCUT2D eigenvalue weighted by atomic mass is 79.9. The van der Waals surface area contributed by atoms with Gasteiger partial charge < -0.3 is 9.84 Å². The van der Waals surface area contributed by atoms with E-state index in [1.165, 1.54) is 0 Å². The first-order valence-electron chi connectivity index (χ1n) is 4.49. The fourth-order valence-electron chi connectivity index (χ4n) is 0.952. The van der Waals surface area contributed by atoms with Gasteiger partial charge in [-0.15, -0.1) is 11.3 Å². The molecule has 1 heterocycles. The van der Waals surface area contributed by atoms with Crippen molar-refractivity contribution in [3.05, 3.63) is 15.9 Å². The van der Waals surface area contributed by atoms with E-state index in [9.17, 15) is 8.42 Å². The highest BCUT2D eigenvalue weighted by Crippen LogP contribution is 2.26. The van der Waals surface area contributed by atoms with E-state index in [1.54, 1.807) is 11.4 Å². The lowest BCUT2D eigenvalue weighted by atomic mass is 10.7. The molecule has 2 N–H and O–H groups in total. The fourth-order valence-corrected chi connectivity index (χ4v) is 4.35. The molecule has 0 radical (unpaired) electrons. The Morgan fingerprint density at radius 1 is 1.50 bits per heavy atom. The lowest BCUT2D eigenvalue weighted by Gasteiger charge is -2.05. The van der Waals surface area contributed by atoms with Crippen LogP contribution in [0.15, 0.2) is 20.1 Å². The highest BCUT2D eigenvalue weighted by Gasteiger charge is 2.18. The monoisotopic (exact) mass is 329 g/mol. The Morgan fingerprint density at radius 2 is 2.25 bits per heavy atom. The van der Waals surface area contributed by atoms with Gasteiger partial charge in [0.05, 0.1) is 19.8 Å². The van der Waals surface area contributed by atoms with Gasteiger partial charge in [-0.25, -0.2) is 13.1 Å². The highest BCUT2D eigenvalue weighted by molar-refractivity contribution is 9.10. The predicted octanol–water partition coefficient (Wildman–Crippen LogP) is 0.798. The van der Waals surface area contributed by atoms with Crippen LogP contribution < -0.4 is 4.72 Å². The SMILES string of the molecule is O=S(=O)(NCCOCCO)c1sccc1Br. The van der Waals surface area contributed by atoms with Crippen molar-refractivity contribution in [3.8, 4) is 0 Å². The van der Waals surface area contributed by atoms with Crippen LogP contribution in [0.5, 0.6) is 0 Å². The van der Waals surface area contributed by atoms with Crippen LogP contribution in [-0.4, -0.2) is 39.9 Å². The summed E-state index contributed by atoms with van der Waals surface area (Å²) in [5.41, 5.74) is 0. The van der Waals surface area contributed by atoms with E-state index in [0.29, 0.717) is 4.47 Å². The summed E-state index contributed by atoms with van der Waals surface area (Å²) < 4.78 is 31.6. The Balaban J connectivity index is 2.45. The molecular weight excluding hydrogens is 318 g/mol. The predicted molar refractivity (Wildman–Crippen MR) is 65.1 cm³/mol. The maximum Gasteiger partial charge on any atom is 0.251 e. The maximum absolute atomic E-state index is 11.7. The van der Waals surface area contributed by atoms with Gasteiger partial charge in [0.15, 0.2) is 0 Å². The molecule has 0 fully saturated rings. The Kier molecular flexibility index (Phi) is 5.87. The van der Waals surface area contributed by atoms with Crippen LogP contribution in [0.2, 0.25) is 0 Å². The van der Waals surface area contributed by atoms with Crippen molar-refractivity contribution in [1.82, 2.24) is 4.72 Å². The van der Waals surface area contributed by atoms with Gasteiger partial charge in [-0.3, -0.25) is 0 Å². The molecule has 0 unspecified atom stereocenters. The third kappa shape index (κ3) is 4.11. The molecule has 92 valence electrons. The molecule has 1 aromatic heterocycles. The molecular formula is C8H12BrNO4S2. The average molecular weight is 330 g/mol. The summed E-state index contributed by atoms with van der Waals surface area (Å²) in [6, 6.07) is 1.68. The molecule has 0 aliphatic heterocycles. The number of ether oxygens (including phenoxy) is 1. The molecule has 0 aliphatic rings. The quantitative estimate of drug-likeness (QED) is 0.725. The Labute approximate surface area is 107 Å². The minimum absolute atomic E-state index is 0.0662. The summed E-state index contributed by atoms with van der Waals surface area (Å²) in [5.74, 6) is 0. The summed E-state index contributed by atoms with van der Waals surface area (Å²) in [4.78, 5) is 0. The van der Waals surface area contributed by atoms with E-state index in [2.05, 4.69) is 20.7 Å². The summed E-state index contributed by atoms with van der Waals surface area (Å²) in [7, 11) is -3.46. The Morgan fingerprint density at radius 3 is 2.81 bits per heavy atom. The van der Waals surface area contributed by atoms with Crippen LogP contribution in [0.25, 0.3) is 0 Å². The van der Waals surface area contributed by atoms with E-state index < -0.39 is 10.0 Å². The van der Waals surface area contributed by atoms with Crippen LogP contribution in [0.1, 0.15) is 0 Å². The minimum Gasteiger partial charge on any atom is -0.394 e. The van der Waals surface area contributed by atoms with Crippen molar-refractivity contribution >= 4 is 37.3 Å². The van der Waals surface area contributed by atoms with Gasteiger partial charge in [0, 0.05) is 11.0 Å². The van der Waals surface area contributed by atoms with Gasteiger partial charge >= 0.3 is 0 Å². The zero-order valence-corrected chi connectivity index (χ0v) is 11.6. The largest absolute Gasteiger partial charge is 0.394 e. The van der Waals surface area contributed by atoms with Gasteiger partial charge in [-0.2, -0.15) is 0 Å². The molecule has 16 heavy (non-hydrogen) atoms. The first kappa shape index (κ1) is 14.1.